The molecule has 2 atom stereocenters. The van der Waals surface area contributed by atoms with Crippen LogP contribution < -0.4 is 10.1 Å². The molecule has 0 unspecified atom stereocenters. The van der Waals surface area contributed by atoms with E-state index in [1.54, 1.807) is 7.11 Å². The zero-order valence-electron chi connectivity index (χ0n) is 16.0. The summed E-state index contributed by atoms with van der Waals surface area (Å²) in [6.45, 7) is 5.20. The van der Waals surface area contributed by atoms with Crippen molar-refractivity contribution in [3.8, 4) is 5.75 Å². The molecule has 27 heavy (non-hydrogen) atoms. The van der Waals surface area contributed by atoms with Gasteiger partial charge in [0, 0.05) is 12.2 Å². The summed E-state index contributed by atoms with van der Waals surface area (Å²) in [5.41, 5.74) is 2.68. The average Bonchev–Trinajstić information content (AvgIpc) is 2.99. The highest BCUT2D eigenvalue weighted by Gasteiger charge is 2.28. The molecule has 1 aromatic heterocycles. The first-order chi connectivity index (χ1) is 13.1. The van der Waals surface area contributed by atoms with Gasteiger partial charge in [-0.2, -0.15) is 0 Å². The van der Waals surface area contributed by atoms with E-state index in [0.29, 0.717) is 26.2 Å². The molecule has 0 bridgehead atoms. The van der Waals surface area contributed by atoms with Crippen molar-refractivity contribution >= 4 is 5.91 Å². The number of benzene rings is 1. The number of hydrogen-bond donors (Lipinski definition) is 1. The lowest BCUT2D eigenvalue weighted by molar-refractivity contribution is -0.126. The van der Waals surface area contributed by atoms with Gasteiger partial charge in [-0.05, 0) is 38.0 Å². The molecular formula is C20H26N2O5. The number of nitrogens with zero attached hydrogens (tertiary/aromatic N) is 1. The fraction of sp³-hybridized carbons (Fsp3) is 0.500. The standard InChI is InChI=1S/C20H26N2O5/c1-13-17(14(2)27-22-13)11-26-19-12-25-8-7-18(19)21-20(23)10-15-5-4-6-16(9-15)24-3/h4-6,9,18-19H,7-8,10-12H2,1-3H3,(H,21,23)/t18-,19-/m1/s1. The van der Waals surface area contributed by atoms with Gasteiger partial charge in [0.15, 0.2) is 0 Å². The second-order valence-electron chi connectivity index (χ2n) is 6.72. The molecule has 1 fully saturated rings. The first kappa shape index (κ1) is 19.4. The average molecular weight is 374 g/mol. The van der Waals surface area contributed by atoms with Gasteiger partial charge in [-0.25, -0.2) is 0 Å². The van der Waals surface area contributed by atoms with Crippen LogP contribution in [0.5, 0.6) is 5.75 Å². The van der Waals surface area contributed by atoms with E-state index in [1.165, 1.54) is 0 Å². The Kier molecular flexibility index (Phi) is 6.47. The third-order valence-corrected chi connectivity index (χ3v) is 4.77. The smallest absolute Gasteiger partial charge is 0.224 e. The zero-order valence-corrected chi connectivity index (χ0v) is 16.0. The van der Waals surface area contributed by atoms with Gasteiger partial charge >= 0.3 is 0 Å². The molecule has 2 heterocycles. The number of ether oxygens (including phenoxy) is 3. The molecule has 1 N–H and O–H groups in total. The van der Waals surface area contributed by atoms with Crippen LogP contribution in [-0.2, 0) is 27.3 Å². The Balaban J connectivity index is 1.57. The number of nitrogens with one attached hydrogen (secondary N) is 1. The first-order valence-corrected chi connectivity index (χ1v) is 9.10. The number of rotatable bonds is 7. The summed E-state index contributed by atoms with van der Waals surface area (Å²) >= 11 is 0. The van der Waals surface area contributed by atoms with Gasteiger partial charge in [0.05, 0.1) is 38.5 Å². The summed E-state index contributed by atoms with van der Waals surface area (Å²) in [5, 5.41) is 7.03. The first-order valence-electron chi connectivity index (χ1n) is 9.10. The summed E-state index contributed by atoms with van der Waals surface area (Å²) in [6, 6.07) is 7.44. The summed E-state index contributed by atoms with van der Waals surface area (Å²) in [7, 11) is 1.61. The van der Waals surface area contributed by atoms with Crippen molar-refractivity contribution < 1.29 is 23.5 Å². The highest BCUT2D eigenvalue weighted by atomic mass is 16.5. The Morgan fingerprint density at radius 2 is 2.22 bits per heavy atom. The second kappa shape index (κ2) is 9.01. The van der Waals surface area contributed by atoms with Crippen LogP contribution in [0.1, 0.15) is 29.0 Å². The molecule has 1 amide bonds. The molecule has 1 aliphatic rings. The molecule has 0 spiro atoms. The van der Waals surface area contributed by atoms with Gasteiger partial charge in [0.25, 0.3) is 0 Å². The van der Waals surface area contributed by atoms with Crippen LogP contribution in [0.4, 0.5) is 0 Å². The lowest BCUT2D eigenvalue weighted by Crippen LogP contribution is -2.50. The van der Waals surface area contributed by atoms with Crippen LogP contribution in [0.15, 0.2) is 28.8 Å². The monoisotopic (exact) mass is 374 g/mol. The minimum atomic E-state index is -0.207. The maximum absolute atomic E-state index is 12.5. The van der Waals surface area contributed by atoms with Crippen LogP contribution in [0.3, 0.4) is 0 Å². The SMILES string of the molecule is COc1cccc(CC(=O)N[C@@H]2CCOC[C@H]2OCc2c(C)noc2C)c1. The van der Waals surface area contributed by atoms with E-state index in [0.717, 1.165) is 34.8 Å². The van der Waals surface area contributed by atoms with Crippen molar-refractivity contribution in [2.24, 2.45) is 0 Å². The minimum absolute atomic E-state index is 0.0407. The summed E-state index contributed by atoms with van der Waals surface area (Å²) in [5.74, 6) is 1.45. The molecule has 1 saturated heterocycles. The van der Waals surface area contributed by atoms with Crippen molar-refractivity contribution in [2.45, 2.75) is 45.4 Å². The summed E-state index contributed by atoms with van der Waals surface area (Å²) in [4.78, 5) is 12.5. The van der Waals surface area contributed by atoms with Gasteiger partial charge in [-0.1, -0.05) is 17.3 Å². The van der Waals surface area contributed by atoms with E-state index in [2.05, 4.69) is 10.5 Å². The van der Waals surface area contributed by atoms with Crippen LogP contribution in [0.25, 0.3) is 0 Å². The Labute approximate surface area is 159 Å². The number of aromatic nitrogens is 1. The molecule has 7 nitrogen and oxygen atoms in total. The third kappa shape index (κ3) is 5.08. The number of amides is 1. The van der Waals surface area contributed by atoms with Crippen molar-refractivity contribution in [1.82, 2.24) is 10.5 Å². The fourth-order valence-corrected chi connectivity index (χ4v) is 3.17. The summed E-state index contributed by atoms with van der Waals surface area (Å²) < 4.78 is 22.0. The van der Waals surface area contributed by atoms with Gasteiger partial charge in [-0.3, -0.25) is 4.79 Å². The van der Waals surface area contributed by atoms with Crippen molar-refractivity contribution in [3.05, 3.63) is 46.8 Å². The molecule has 0 saturated carbocycles. The van der Waals surface area contributed by atoms with Crippen LogP contribution in [-0.4, -0.2) is 43.5 Å². The van der Waals surface area contributed by atoms with Gasteiger partial charge in [-0.15, -0.1) is 0 Å². The van der Waals surface area contributed by atoms with Crippen molar-refractivity contribution in [2.75, 3.05) is 20.3 Å². The van der Waals surface area contributed by atoms with Crippen molar-refractivity contribution in [1.29, 1.82) is 0 Å². The minimum Gasteiger partial charge on any atom is -0.497 e. The van der Waals surface area contributed by atoms with Gasteiger partial charge < -0.3 is 24.1 Å². The van der Waals surface area contributed by atoms with Gasteiger partial charge in [0.2, 0.25) is 5.91 Å². The van der Waals surface area contributed by atoms with Crippen LogP contribution in [0.2, 0.25) is 0 Å². The number of aryl methyl sites for hydroxylation is 2. The fourth-order valence-electron chi connectivity index (χ4n) is 3.17. The number of hydrogen-bond acceptors (Lipinski definition) is 6. The number of methoxy groups -OCH3 is 1. The predicted octanol–water partition coefficient (Wildman–Crippen LogP) is 2.33. The molecule has 1 aliphatic heterocycles. The normalized spacial score (nSPS) is 19.7. The predicted molar refractivity (Wildman–Crippen MR) is 98.6 cm³/mol. The summed E-state index contributed by atoms with van der Waals surface area (Å²) in [6.07, 6.45) is 0.808. The maximum atomic E-state index is 12.5. The Morgan fingerprint density at radius 1 is 1.37 bits per heavy atom. The second-order valence-corrected chi connectivity index (χ2v) is 6.72. The zero-order chi connectivity index (χ0) is 19.2. The van der Waals surface area contributed by atoms with E-state index in [-0.39, 0.29) is 18.1 Å². The highest BCUT2D eigenvalue weighted by Crippen LogP contribution is 2.18. The van der Waals surface area contributed by atoms with Gasteiger partial charge in [0.1, 0.15) is 17.6 Å². The quantitative estimate of drug-likeness (QED) is 0.801. The van der Waals surface area contributed by atoms with Crippen molar-refractivity contribution in [3.63, 3.8) is 0 Å². The largest absolute Gasteiger partial charge is 0.497 e. The highest BCUT2D eigenvalue weighted by molar-refractivity contribution is 5.79. The van der Waals surface area contributed by atoms with E-state index in [4.69, 9.17) is 18.7 Å². The molecule has 146 valence electrons. The third-order valence-electron chi connectivity index (χ3n) is 4.77. The van der Waals surface area contributed by atoms with E-state index >= 15 is 0 Å². The maximum Gasteiger partial charge on any atom is 0.224 e. The van der Waals surface area contributed by atoms with Crippen LogP contribution in [0, 0.1) is 13.8 Å². The Bertz CT molecular complexity index is 754. The molecule has 7 heteroatoms. The van der Waals surface area contributed by atoms with E-state index in [9.17, 15) is 4.79 Å². The molecule has 0 aliphatic carbocycles. The molecule has 1 aromatic carbocycles. The lowest BCUT2D eigenvalue weighted by atomic mass is 10.0. The molecule has 0 radical (unpaired) electrons. The molecular weight excluding hydrogens is 348 g/mol. The van der Waals surface area contributed by atoms with E-state index in [1.807, 2.05) is 38.1 Å². The van der Waals surface area contributed by atoms with E-state index < -0.39 is 0 Å². The lowest BCUT2D eigenvalue weighted by Gasteiger charge is -2.32. The van der Waals surface area contributed by atoms with Crippen LogP contribution >= 0.6 is 0 Å². The topological polar surface area (TPSA) is 82.8 Å². The molecule has 3 rings (SSSR count). The Morgan fingerprint density at radius 3 is 2.96 bits per heavy atom. The molecule has 2 aromatic rings. The number of carbonyl (C=O) groups is 1. The Hall–Kier alpha value is -2.38. The number of carbonyl (C=O) groups excluding carboxylic acids is 1.